The van der Waals surface area contributed by atoms with Gasteiger partial charge in [0.25, 0.3) is 0 Å². The number of hydrogen-bond donors (Lipinski definition) is 1. The summed E-state index contributed by atoms with van der Waals surface area (Å²) in [6, 6.07) is 12.1. The van der Waals surface area contributed by atoms with Crippen molar-refractivity contribution in [1.82, 2.24) is 15.2 Å². The lowest BCUT2D eigenvalue weighted by Gasteiger charge is -2.37. The van der Waals surface area contributed by atoms with Gasteiger partial charge in [0.1, 0.15) is 23.5 Å². The molecular formula is C20H27FIN5O. The van der Waals surface area contributed by atoms with E-state index in [0.29, 0.717) is 12.3 Å². The highest BCUT2D eigenvalue weighted by Gasteiger charge is 2.20. The fourth-order valence-electron chi connectivity index (χ4n) is 3.04. The van der Waals surface area contributed by atoms with Gasteiger partial charge in [-0.25, -0.2) is 9.37 Å². The molecule has 0 aliphatic carbocycles. The van der Waals surface area contributed by atoms with Gasteiger partial charge < -0.3 is 19.9 Å². The van der Waals surface area contributed by atoms with Crippen LogP contribution in [0.15, 0.2) is 53.7 Å². The van der Waals surface area contributed by atoms with Crippen molar-refractivity contribution in [1.29, 1.82) is 0 Å². The predicted molar refractivity (Wildman–Crippen MR) is 121 cm³/mol. The first kappa shape index (κ1) is 22.2. The minimum atomic E-state index is -0.265. The first-order valence-electron chi connectivity index (χ1n) is 9.19. The van der Waals surface area contributed by atoms with E-state index in [9.17, 15) is 4.39 Å². The summed E-state index contributed by atoms with van der Waals surface area (Å²) in [5.74, 6) is 2.27. The average Bonchev–Trinajstić information content (AvgIpc) is 2.71. The molecule has 1 saturated heterocycles. The van der Waals surface area contributed by atoms with Crippen molar-refractivity contribution in [3.05, 3.63) is 54.5 Å². The molecule has 1 aromatic carbocycles. The summed E-state index contributed by atoms with van der Waals surface area (Å²) in [5, 5.41) is 3.37. The number of hydrogen-bond acceptors (Lipinski definition) is 4. The number of piperazine rings is 1. The Bertz CT molecular complexity index is 736. The number of rotatable bonds is 5. The van der Waals surface area contributed by atoms with E-state index in [-0.39, 0.29) is 35.9 Å². The van der Waals surface area contributed by atoms with Gasteiger partial charge in [0.05, 0.1) is 6.54 Å². The van der Waals surface area contributed by atoms with Crippen molar-refractivity contribution >= 4 is 35.8 Å². The quantitative estimate of drug-likeness (QED) is 0.390. The van der Waals surface area contributed by atoms with Crippen molar-refractivity contribution in [2.45, 2.75) is 13.0 Å². The molecule has 1 unspecified atom stereocenters. The van der Waals surface area contributed by atoms with E-state index in [4.69, 9.17) is 4.74 Å². The molecule has 152 valence electrons. The molecule has 1 aromatic heterocycles. The van der Waals surface area contributed by atoms with E-state index in [1.54, 1.807) is 19.2 Å². The van der Waals surface area contributed by atoms with Crippen molar-refractivity contribution in [2.24, 2.45) is 4.99 Å². The van der Waals surface area contributed by atoms with Crippen LogP contribution in [0.4, 0.5) is 10.2 Å². The fourth-order valence-corrected chi connectivity index (χ4v) is 3.04. The number of ether oxygens (including phenoxy) is 1. The summed E-state index contributed by atoms with van der Waals surface area (Å²) < 4.78 is 18.8. The smallest absolute Gasteiger partial charge is 0.193 e. The Kier molecular flexibility index (Phi) is 8.75. The minimum Gasteiger partial charge on any atom is -0.489 e. The number of benzene rings is 1. The van der Waals surface area contributed by atoms with Gasteiger partial charge >= 0.3 is 0 Å². The normalized spacial score (nSPS) is 15.6. The molecule has 2 aromatic rings. The van der Waals surface area contributed by atoms with Crippen LogP contribution in [0, 0.1) is 5.82 Å². The molecule has 0 radical (unpaired) electrons. The molecule has 0 amide bonds. The third-order valence-corrected chi connectivity index (χ3v) is 4.46. The molecule has 0 saturated carbocycles. The van der Waals surface area contributed by atoms with Gasteiger partial charge in [0, 0.05) is 39.4 Å². The summed E-state index contributed by atoms with van der Waals surface area (Å²) in [6.45, 7) is 6.15. The molecule has 6 nitrogen and oxygen atoms in total. The van der Waals surface area contributed by atoms with Gasteiger partial charge in [-0.05, 0) is 43.3 Å². The van der Waals surface area contributed by atoms with Gasteiger partial charge in [-0.2, -0.15) is 0 Å². The van der Waals surface area contributed by atoms with Crippen molar-refractivity contribution < 1.29 is 9.13 Å². The van der Waals surface area contributed by atoms with Crippen LogP contribution in [-0.4, -0.2) is 61.7 Å². The first-order chi connectivity index (χ1) is 13.2. The van der Waals surface area contributed by atoms with Crippen LogP contribution < -0.4 is 15.0 Å². The number of pyridine rings is 1. The van der Waals surface area contributed by atoms with Gasteiger partial charge in [0.15, 0.2) is 5.96 Å². The molecule has 1 aliphatic heterocycles. The topological polar surface area (TPSA) is 53.0 Å². The molecule has 1 aliphatic rings. The van der Waals surface area contributed by atoms with Crippen LogP contribution in [0.1, 0.15) is 6.92 Å². The van der Waals surface area contributed by atoms with Crippen LogP contribution in [0.2, 0.25) is 0 Å². The third kappa shape index (κ3) is 6.22. The summed E-state index contributed by atoms with van der Waals surface area (Å²) in [6.07, 6.45) is 1.76. The molecule has 0 bridgehead atoms. The maximum atomic E-state index is 13.0. The molecule has 1 N–H and O–H groups in total. The molecule has 1 atom stereocenters. The number of nitrogens with zero attached hydrogens (tertiary/aromatic N) is 4. The Labute approximate surface area is 182 Å². The van der Waals surface area contributed by atoms with Crippen molar-refractivity contribution in [3.63, 3.8) is 0 Å². The second-order valence-corrected chi connectivity index (χ2v) is 6.47. The largest absolute Gasteiger partial charge is 0.489 e. The molecule has 28 heavy (non-hydrogen) atoms. The van der Waals surface area contributed by atoms with Gasteiger partial charge in [-0.15, -0.1) is 24.0 Å². The average molecular weight is 499 g/mol. The lowest BCUT2D eigenvalue weighted by atomic mass is 10.3. The van der Waals surface area contributed by atoms with Crippen LogP contribution in [-0.2, 0) is 0 Å². The first-order valence-corrected chi connectivity index (χ1v) is 9.19. The number of aliphatic imine (C=N–C) groups is 1. The Hall–Kier alpha value is -2.10. The summed E-state index contributed by atoms with van der Waals surface area (Å²) >= 11 is 0. The maximum Gasteiger partial charge on any atom is 0.193 e. The van der Waals surface area contributed by atoms with Crippen molar-refractivity contribution in [2.75, 3.05) is 44.7 Å². The zero-order valence-electron chi connectivity index (χ0n) is 16.2. The van der Waals surface area contributed by atoms with Gasteiger partial charge in [0.2, 0.25) is 0 Å². The summed E-state index contributed by atoms with van der Waals surface area (Å²) in [4.78, 5) is 13.3. The number of anilines is 1. The van der Waals surface area contributed by atoms with E-state index in [2.05, 4.69) is 25.1 Å². The fraction of sp³-hybridized carbons (Fsp3) is 0.400. The van der Waals surface area contributed by atoms with Crippen LogP contribution in [0.3, 0.4) is 0 Å². The van der Waals surface area contributed by atoms with Gasteiger partial charge in [-0.1, -0.05) is 6.07 Å². The van der Waals surface area contributed by atoms with Gasteiger partial charge in [-0.3, -0.25) is 4.99 Å². The van der Waals surface area contributed by atoms with E-state index in [0.717, 1.165) is 38.0 Å². The number of nitrogens with one attached hydrogen (secondary N) is 1. The Morgan fingerprint density at radius 2 is 1.89 bits per heavy atom. The second-order valence-electron chi connectivity index (χ2n) is 6.47. The predicted octanol–water partition coefficient (Wildman–Crippen LogP) is 3.00. The molecule has 2 heterocycles. The minimum absolute atomic E-state index is 0. The standard InChI is InChI=1S/C20H26FN5O.HI/c1-16(27-18-8-6-17(21)7-9-18)15-24-20(22-2)26-13-11-25(12-14-26)19-5-3-4-10-23-19;/h3-10,16H,11-15H2,1-2H3,(H,22,24);1H. The SMILES string of the molecule is CN=C(NCC(C)Oc1ccc(F)cc1)N1CCN(c2ccccn2)CC1.I. The van der Waals surface area contributed by atoms with E-state index >= 15 is 0 Å². The highest BCUT2D eigenvalue weighted by molar-refractivity contribution is 14.0. The van der Waals surface area contributed by atoms with E-state index in [1.807, 2.05) is 31.3 Å². The lowest BCUT2D eigenvalue weighted by Crippen LogP contribution is -2.53. The number of guanidine groups is 1. The Morgan fingerprint density at radius 3 is 2.50 bits per heavy atom. The molecular weight excluding hydrogens is 472 g/mol. The molecule has 1 fully saturated rings. The molecule has 8 heteroatoms. The van der Waals surface area contributed by atoms with Crippen LogP contribution in [0.25, 0.3) is 0 Å². The highest BCUT2D eigenvalue weighted by Crippen LogP contribution is 2.14. The lowest BCUT2D eigenvalue weighted by molar-refractivity contribution is 0.221. The zero-order chi connectivity index (χ0) is 19.1. The van der Waals surface area contributed by atoms with E-state index < -0.39 is 0 Å². The Morgan fingerprint density at radius 1 is 1.18 bits per heavy atom. The zero-order valence-corrected chi connectivity index (χ0v) is 18.5. The third-order valence-electron chi connectivity index (χ3n) is 4.46. The Balaban J connectivity index is 0.00000280. The summed E-state index contributed by atoms with van der Waals surface area (Å²) in [7, 11) is 1.79. The second kappa shape index (κ2) is 11.0. The highest BCUT2D eigenvalue weighted by atomic mass is 127. The van der Waals surface area contributed by atoms with Crippen LogP contribution >= 0.6 is 24.0 Å². The number of halogens is 2. The van der Waals surface area contributed by atoms with Crippen molar-refractivity contribution in [3.8, 4) is 5.75 Å². The summed E-state index contributed by atoms with van der Waals surface area (Å²) in [5.41, 5.74) is 0. The van der Waals surface area contributed by atoms with Crippen LogP contribution in [0.5, 0.6) is 5.75 Å². The monoisotopic (exact) mass is 499 g/mol. The number of aromatic nitrogens is 1. The molecule has 0 spiro atoms. The maximum absolute atomic E-state index is 13.0. The molecule has 3 rings (SSSR count). The van der Waals surface area contributed by atoms with E-state index in [1.165, 1.54) is 12.1 Å².